The summed E-state index contributed by atoms with van der Waals surface area (Å²) in [6, 6.07) is 0.0784. The first-order chi connectivity index (χ1) is 9.65. The quantitative estimate of drug-likeness (QED) is 0.860. The molecule has 6 nitrogen and oxygen atoms in total. The normalized spacial score (nSPS) is 18.8. The summed E-state index contributed by atoms with van der Waals surface area (Å²) in [4.78, 5) is 19.1. The second kappa shape index (κ2) is 6.90. The SMILES string of the molecule is CCN(CC)c1nc(N)c(C(=O)NC2CCCOC2)s1. The molecule has 1 unspecified atom stereocenters. The van der Waals surface area contributed by atoms with Crippen LogP contribution in [0.15, 0.2) is 0 Å². The maximum absolute atomic E-state index is 12.3. The summed E-state index contributed by atoms with van der Waals surface area (Å²) in [7, 11) is 0. The van der Waals surface area contributed by atoms with Gasteiger partial charge in [0.25, 0.3) is 5.91 Å². The summed E-state index contributed by atoms with van der Waals surface area (Å²) < 4.78 is 5.36. The first-order valence-corrected chi connectivity index (χ1v) is 7.87. The number of nitrogens with one attached hydrogen (secondary N) is 1. The van der Waals surface area contributed by atoms with E-state index in [4.69, 9.17) is 10.5 Å². The van der Waals surface area contributed by atoms with Crippen LogP contribution in [0.25, 0.3) is 0 Å². The number of ether oxygens (including phenoxy) is 1. The monoisotopic (exact) mass is 298 g/mol. The van der Waals surface area contributed by atoms with E-state index in [9.17, 15) is 4.79 Å². The van der Waals surface area contributed by atoms with Gasteiger partial charge in [0.1, 0.15) is 10.7 Å². The number of nitrogens with zero attached hydrogens (tertiary/aromatic N) is 2. The molecule has 20 heavy (non-hydrogen) atoms. The molecule has 1 aromatic rings. The van der Waals surface area contributed by atoms with Gasteiger partial charge in [0.05, 0.1) is 12.6 Å². The van der Waals surface area contributed by atoms with Crippen LogP contribution < -0.4 is 16.0 Å². The van der Waals surface area contributed by atoms with Gasteiger partial charge in [-0.2, -0.15) is 0 Å². The molecule has 1 saturated heterocycles. The number of rotatable bonds is 5. The van der Waals surface area contributed by atoms with Crippen LogP contribution in [0.5, 0.6) is 0 Å². The van der Waals surface area contributed by atoms with Gasteiger partial charge < -0.3 is 20.7 Å². The smallest absolute Gasteiger partial charge is 0.265 e. The standard InChI is InChI=1S/C13H22N4O2S/c1-3-17(4-2)13-16-11(14)10(20-13)12(18)15-9-6-5-7-19-8-9/h9H,3-8,14H2,1-2H3,(H,15,18). The molecule has 0 spiro atoms. The molecule has 1 atom stereocenters. The van der Waals surface area contributed by atoms with Gasteiger partial charge in [-0.1, -0.05) is 11.3 Å². The Hall–Kier alpha value is -1.34. The average Bonchev–Trinajstić information content (AvgIpc) is 2.83. The van der Waals surface area contributed by atoms with E-state index in [2.05, 4.69) is 29.0 Å². The number of carbonyl (C=O) groups is 1. The van der Waals surface area contributed by atoms with Gasteiger partial charge in [-0.15, -0.1) is 0 Å². The summed E-state index contributed by atoms with van der Waals surface area (Å²) >= 11 is 1.35. The van der Waals surface area contributed by atoms with Crippen molar-refractivity contribution >= 4 is 28.2 Å². The number of anilines is 2. The minimum atomic E-state index is -0.145. The van der Waals surface area contributed by atoms with Gasteiger partial charge in [0, 0.05) is 19.7 Å². The predicted octanol–water partition coefficient (Wildman–Crippen LogP) is 1.48. The molecule has 0 aliphatic carbocycles. The molecule has 1 fully saturated rings. The third kappa shape index (κ3) is 3.40. The van der Waals surface area contributed by atoms with E-state index in [-0.39, 0.29) is 11.9 Å². The second-order valence-electron chi connectivity index (χ2n) is 4.77. The zero-order chi connectivity index (χ0) is 14.5. The van der Waals surface area contributed by atoms with Gasteiger partial charge in [-0.05, 0) is 26.7 Å². The Labute approximate surface area is 123 Å². The lowest BCUT2D eigenvalue weighted by molar-refractivity contribution is 0.0626. The van der Waals surface area contributed by atoms with E-state index in [1.54, 1.807) is 0 Å². The fourth-order valence-corrected chi connectivity index (χ4v) is 3.23. The first kappa shape index (κ1) is 15.1. The molecular formula is C13H22N4O2S. The molecule has 1 amide bonds. The van der Waals surface area contributed by atoms with Crippen molar-refractivity contribution in [3.8, 4) is 0 Å². The highest BCUT2D eigenvalue weighted by Gasteiger charge is 2.22. The molecule has 2 rings (SSSR count). The number of carbonyl (C=O) groups excluding carboxylic acids is 1. The Bertz CT molecular complexity index is 453. The van der Waals surface area contributed by atoms with Crippen molar-refractivity contribution in [2.24, 2.45) is 0 Å². The third-order valence-electron chi connectivity index (χ3n) is 3.38. The van der Waals surface area contributed by atoms with Gasteiger partial charge in [-0.3, -0.25) is 4.79 Å². The molecule has 0 radical (unpaired) electrons. The van der Waals surface area contributed by atoms with Crippen LogP contribution in [0.1, 0.15) is 36.4 Å². The highest BCUT2D eigenvalue weighted by molar-refractivity contribution is 7.18. The van der Waals surface area contributed by atoms with Crippen molar-refractivity contribution in [1.82, 2.24) is 10.3 Å². The fourth-order valence-electron chi connectivity index (χ4n) is 2.22. The highest BCUT2D eigenvalue weighted by Crippen LogP contribution is 2.28. The Balaban J connectivity index is 2.05. The lowest BCUT2D eigenvalue weighted by atomic mass is 10.1. The summed E-state index contributed by atoms with van der Waals surface area (Å²) in [6.45, 7) is 7.16. The number of nitrogen functional groups attached to an aromatic ring is 1. The minimum Gasteiger partial charge on any atom is -0.382 e. The molecular weight excluding hydrogens is 276 g/mol. The van der Waals surface area contributed by atoms with Gasteiger partial charge in [0.15, 0.2) is 5.13 Å². The van der Waals surface area contributed by atoms with E-state index < -0.39 is 0 Å². The largest absolute Gasteiger partial charge is 0.382 e. The van der Waals surface area contributed by atoms with E-state index in [1.165, 1.54) is 11.3 Å². The van der Waals surface area contributed by atoms with Gasteiger partial charge in [-0.25, -0.2) is 4.98 Å². The number of thiazole rings is 1. The molecule has 1 aliphatic heterocycles. The number of hydrogen-bond donors (Lipinski definition) is 2. The molecule has 7 heteroatoms. The third-order valence-corrected chi connectivity index (χ3v) is 4.51. The van der Waals surface area contributed by atoms with Crippen LogP contribution in [0.4, 0.5) is 10.9 Å². The number of hydrogen-bond acceptors (Lipinski definition) is 6. The Morgan fingerprint density at radius 3 is 2.90 bits per heavy atom. The molecule has 0 aromatic carbocycles. The first-order valence-electron chi connectivity index (χ1n) is 7.05. The molecule has 0 bridgehead atoms. The van der Waals surface area contributed by atoms with Crippen molar-refractivity contribution in [2.45, 2.75) is 32.7 Å². The van der Waals surface area contributed by atoms with Crippen LogP contribution in [0.2, 0.25) is 0 Å². The van der Waals surface area contributed by atoms with Crippen LogP contribution in [-0.2, 0) is 4.74 Å². The maximum atomic E-state index is 12.3. The molecule has 1 aromatic heterocycles. The number of nitrogens with two attached hydrogens (primary N) is 1. The summed E-state index contributed by atoms with van der Waals surface area (Å²) in [5, 5.41) is 3.78. The lowest BCUT2D eigenvalue weighted by Crippen LogP contribution is -2.40. The molecule has 112 valence electrons. The van der Waals surface area contributed by atoms with Crippen molar-refractivity contribution in [1.29, 1.82) is 0 Å². The number of aromatic nitrogens is 1. The Morgan fingerprint density at radius 1 is 1.55 bits per heavy atom. The van der Waals surface area contributed by atoms with Crippen molar-refractivity contribution in [3.05, 3.63) is 4.88 Å². The molecule has 3 N–H and O–H groups in total. The van der Waals surface area contributed by atoms with Crippen molar-refractivity contribution in [3.63, 3.8) is 0 Å². The maximum Gasteiger partial charge on any atom is 0.265 e. The topological polar surface area (TPSA) is 80.5 Å². The van der Waals surface area contributed by atoms with Crippen molar-refractivity contribution < 1.29 is 9.53 Å². The molecule has 2 heterocycles. The van der Waals surface area contributed by atoms with Crippen LogP contribution in [0.3, 0.4) is 0 Å². The van der Waals surface area contributed by atoms with Crippen molar-refractivity contribution in [2.75, 3.05) is 36.9 Å². The zero-order valence-electron chi connectivity index (χ0n) is 12.0. The van der Waals surface area contributed by atoms with E-state index >= 15 is 0 Å². The summed E-state index contributed by atoms with van der Waals surface area (Å²) in [5.74, 6) is 0.167. The highest BCUT2D eigenvalue weighted by atomic mass is 32.1. The van der Waals surface area contributed by atoms with E-state index in [0.29, 0.717) is 17.3 Å². The zero-order valence-corrected chi connectivity index (χ0v) is 12.8. The van der Waals surface area contributed by atoms with E-state index in [1.807, 2.05) is 0 Å². The second-order valence-corrected chi connectivity index (χ2v) is 5.75. The average molecular weight is 298 g/mol. The van der Waals surface area contributed by atoms with Gasteiger partial charge in [0.2, 0.25) is 0 Å². The van der Waals surface area contributed by atoms with Crippen LogP contribution in [-0.4, -0.2) is 43.2 Å². The summed E-state index contributed by atoms with van der Waals surface area (Å²) in [5.41, 5.74) is 5.88. The molecule has 1 aliphatic rings. The Kier molecular flexibility index (Phi) is 5.19. The van der Waals surface area contributed by atoms with E-state index in [0.717, 1.165) is 37.7 Å². The summed E-state index contributed by atoms with van der Waals surface area (Å²) in [6.07, 6.45) is 1.93. The van der Waals surface area contributed by atoms with Gasteiger partial charge >= 0.3 is 0 Å². The predicted molar refractivity (Wildman–Crippen MR) is 81.4 cm³/mol. The number of amides is 1. The van der Waals surface area contributed by atoms with Crippen LogP contribution >= 0.6 is 11.3 Å². The Morgan fingerprint density at radius 2 is 2.30 bits per heavy atom. The minimum absolute atomic E-state index is 0.0784. The lowest BCUT2D eigenvalue weighted by Gasteiger charge is -2.22. The fraction of sp³-hybridized carbons (Fsp3) is 0.692. The molecule has 0 saturated carbocycles. The van der Waals surface area contributed by atoms with Crippen LogP contribution in [0, 0.1) is 0 Å².